The molecule has 4 rings (SSSR count). The second-order valence-electron chi connectivity index (χ2n) is 7.66. The maximum Gasteiger partial charge on any atom is 0.123 e. The number of rotatable bonds is 4. The van der Waals surface area contributed by atoms with Gasteiger partial charge in [0.25, 0.3) is 0 Å². The lowest BCUT2D eigenvalue weighted by Crippen LogP contribution is -2.34. The Balaban J connectivity index is 1.86. The lowest BCUT2D eigenvalue weighted by Gasteiger charge is -2.34. The van der Waals surface area contributed by atoms with Crippen molar-refractivity contribution in [2.24, 2.45) is 5.92 Å². The van der Waals surface area contributed by atoms with E-state index < -0.39 is 0 Å². The molecule has 0 saturated heterocycles. The van der Waals surface area contributed by atoms with Crippen LogP contribution in [-0.2, 0) is 0 Å². The smallest absolute Gasteiger partial charge is 0.123 e. The minimum absolute atomic E-state index is 0.223. The molecule has 0 aliphatic carbocycles. The van der Waals surface area contributed by atoms with E-state index in [1.165, 1.54) is 23.1 Å². The topological polar surface area (TPSA) is 8.17 Å². The molecular formula is C23H24ClFN2. The van der Waals surface area contributed by atoms with Gasteiger partial charge in [-0.25, -0.2) is 4.39 Å². The van der Waals surface area contributed by atoms with Crippen LogP contribution >= 0.6 is 11.6 Å². The van der Waals surface area contributed by atoms with Gasteiger partial charge in [-0.15, -0.1) is 0 Å². The summed E-state index contributed by atoms with van der Waals surface area (Å²) in [5.41, 5.74) is 3.33. The lowest BCUT2D eigenvalue weighted by atomic mass is 9.97. The van der Waals surface area contributed by atoms with E-state index in [1.807, 2.05) is 18.2 Å². The van der Waals surface area contributed by atoms with Crippen LogP contribution in [0.5, 0.6) is 0 Å². The van der Waals surface area contributed by atoms with E-state index in [4.69, 9.17) is 11.6 Å². The first-order valence-electron chi connectivity index (χ1n) is 9.48. The maximum atomic E-state index is 13.4. The highest BCUT2D eigenvalue weighted by Gasteiger charge is 2.25. The normalized spacial score (nSPS) is 17.9. The molecule has 1 aromatic heterocycles. The van der Waals surface area contributed by atoms with E-state index in [-0.39, 0.29) is 5.82 Å². The maximum absolute atomic E-state index is 13.4. The highest BCUT2D eigenvalue weighted by Crippen LogP contribution is 2.37. The van der Waals surface area contributed by atoms with Gasteiger partial charge in [-0.05, 0) is 60.4 Å². The molecule has 2 heterocycles. The number of halogens is 2. The van der Waals surface area contributed by atoms with Crippen LogP contribution in [0.25, 0.3) is 16.6 Å². The molecule has 1 atom stereocenters. The van der Waals surface area contributed by atoms with Crippen molar-refractivity contribution in [2.75, 3.05) is 13.1 Å². The molecule has 0 N–H and O–H groups in total. The molecule has 0 saturated carbocycles. The Morgan fingerprint density at radius 1 is 1.11 bits per heavy atom. The average Bonchev–Trinajstić information content (AvgIpc) is 3.01. The molecule has 0 bridgehead atoms. The minimum Gasteiger partial charge on any atom is -0.316 e. The van der Waals surface area contributed by atoms with Crippen molar-refractivity contribution in [3.8, 4) is 5.69 Å². The fourth-order valence-electron chi connectivity index (χ4n) is 4.01. The molecule has 2 nitrogen and oxygen atoms in total. The number of benzene rings is 2. The second kappa shape index (κ2) is 7.49. The SMILES string of the molecule is CC(C)CN1CC=CCC1c1cn(-c2ccc(F)cc2)c2ccc(Cl)cc12. The molecule has 0 spiro atoms. The zero-order valence-corrected chi connectivity index (χ0v) is 16.5. The zero-order valence-electron chi connectivity index (χ0n) is 15.7. The summed E-state index contributed by atoms with van der Waals surface area (Å²) < 4.78 is 15.5. The van der Waals surface area contributed by atoms with Gasteiger partial charge >= 0.3 is 0 Å². The molecule has 0 fully saturated rings. The molecular weight excluding hydrogens is 359 g/mol. The van der Waals surface area contributed by atoms with Gasteiger partial charge in [-0.2, -0.15) is 0 Å². The predicted molar refractivity (Wildman–Crippen MR) is 111 cm³/mol. The van der Waals surface area contributed by atoms with Gasteiger partial charge in [-0.3, -0.25) is 4.90 Å². The highest BCUT2D eigenvalue weighted by molar-refractivity contribution is 6.31. The summed E-state index contributed by atoms with van der Waals surface area (Å²) in [7, 11) is 0. The fourth-order valence-corrected chi connectivity index (χ4v) is 4.19. The summed E-state index contributed by atoms with van der Waals surface area (Å²) in [6.07, 6.45) is 7.71. The second-order valence-corrected chi connectivity index (χ2v) is 8.10. The summed E-state index contributed by atoms with van der Waals surface area (Å²) in [4.78, 5) is 2.54. The minimum atomic E-state index is -0.223. The molecule has 140 valence electrons. The Labute approximate surface area is 164 Å². The average molecular weight is 383 g/mol. The van der Waals surface area contributed by atoms with Crippen LogP contribution in [0.15, 0.2) is 60.8 Å². The quantitative estimate of drug-likeness (QED) is 0.475. The third-order valence-electron chi connectivity index (χ3n) is 5.17. The van der Waals surface area contributed by atoms with Gasteiger partial charge in [0.1, 0.15) is 5.82 Å². The van der Waals surface area contributed by atoms with Gasteiger partial charge in [0.2, 0.25) is 0 Å². The van der Waals surface area contributed by atoms with Crippen LogP contribution in [0.3, 0.4) is 0 Å². The number of hydrogen-bond donors (Lipinski definition) is 0. The van der Waals surface area contributed by atoms with E-state index in [1.54, 1.807) is 0 Å². The molecule has 27 heavy (non-hydrogen) atoms. The van der Waals surface area contributed by atoms with Gasteiger partial charge in [-0.1, -0.05) is 37.6 Å². The van der Waals surface area contributed by atoms with Crippen molar-refractivity contribution in [1.29, 1.82) is 0 Å². The van der Waals surface area contributed by atoms with Crippen molar-refractivity contribution in [1.82, 2.24) is 9.47 Å². The summed E-state index contributed by atoms with van der Waals surface area (Å²) in [6, 6.07) is 13.0. The van der Waals surface area contributed by atoms with Crippen molar-refractivity contribution in [3.63, 3.8) is 0 Å². The monoisotopic (exact) mass is 382 g/mol. The van der Waals surface area contributed by atoms with Crippen LogP contribution in [0.4, 0.5) is 4.39 Å². The van der Waals surface area contributed by atoms with E-state index in [9.17, 15) is 4.39 Å². The number of aromatic nitrogens is 1. The third kappa shape index (κ3) is 3.67. The number of nitrogens with zero attached hydrogens (tertiary/aromatic N) is 2. The zero-order chi connectivity index (χ0) is 19.0. The predicted octanol–water partition coefficient (Wildman–Crippen LogP) is 6.38. The van der Waals surface area contributed by atoms with Crippen molar-refractivity contribution >= 4 is 22.5 Å². The first kappa shape index (κ1) is 18.3. The first-order valence-corrected chi connectivity index (χ1v) is 9.86. The molecule has 0 radical (unpaired) electrons. The van der Waals surface area contributed by atoms with Crippen molar-refractivity contribution < 1.29 is 4.39 Å². The van der Waals surface area contributed by atoms with Gasteiger partial charge < -0.3 is 4.57 Å². The van der Waals surface area contributed by atoms with Crippen LogP contribution in [0.1, 0.15) is 31.9 Å². The van der Waals surface area contributed by atoms with Crippen LogP contribution in [0.2, 0.25) is 5.02 Å². The summed E-state index contributed by atoms with van der Waals surface area (Å²) in [6.45, 7) is 6.54. The van der Waals surface area contributed by atoms with E-state index in [0.717, 1.165) is 35.7 Å². The molecule has 0 amide bonds. The Kier molecular flexibility index (Phi) is 5.07. The Morgan fingerprint density at radius 2 is 1.89 bits per heavy atom. The number of hydrogen-bond acceptors (Lipinski definition) is 1. The highest BCUT2D eigenvalue weighted by atomic mass is 35.5. The lowest BCUT2D eigenvalue weighted by molar-refractivity contribution is 0.188. The van der Waals surface area contributed by atoms with Crippen LogP contribution in [-0.4, -0.2) is 22.6 Å². The Hall–Kier alpha value is -2.10. The fraction of sp³-hybridized carbons (Fsp3) is 0.304. The first-order chi connectivity index (χ1) is 13.0. The van der Waals surface area contributed by atoms with Crippen molar-refractivity contribution in [3.05, 3.63) is 77.2 Å². The third-order valence-corrected chi connectivity index (χ3v) is 5.40. The molecule has 2 aromatic carbocycles. The summed E-state index contributed by atoms with van der Waals surface area (Å²) >= 11 is 6.34. The Morgan fingerprint density at radius 3 is 2.63 bits per heavy atom. The molecule has 1 unspecified atom stereocenters. The van der Waals surface area contributed by atoms with E-state index in [2.05, 4.69) is 53.8 Å². The van der Waals surface area contributed by atoms with Crippen LogP contribution in [0, 0.1) is 11.7 Å². The molecule has 1 aliphatic rings. The van der Waals surface area contributed by atoms with Gasteiger partial charge in [0, 0.05) is 41.4 Å². The Bertz CT molecular complexity index is 972. The summed E-state index contributed by atoms with van der Waals surface area (Å²) in [5.74, 6) is 0.382. The van der Waals surface area contributed by atoms with Crippen LogP contribution < -0.4 is 0 Å². The molecule has 3 aromatic rings. The number of fused-ring (bicyclic) bond motifs is 1. The standard InChI is InChI=1S/C23H24ClFN2/c1-16(2)14-26-12-4-3-5-22(26)21-15-27(19-9-7-18(25)8-10-19)23-11-6-17(24)13-20(21)23/h3-4,6-11,13,15-16,22H,5,12,14H2,1-2H3. The van der Waals surface area contributed by atoms with E-state index >= 15 is 0 Å². The van der Waals surface area contributed by atoms with E-state index in [0.29, 0.717) is 12.0 Å². The largest absolute Gasteiger partial charge is 0.316 e. The molecule has 4 heteroatoms. The molecule has 1 aliphatic heterocycles. The van der Waals surface area contributed by atoms with Gasteiger partial charge in [0.05, 0.1) is 5.52 Å². The summed E-state index contributed by atoms with van der Waals surface area (Å²) in [5, 5.41) is 1.91. The van der Waals surface area contributed by atoms with Gasteiger partial charge in [0.15, 0.2) is 0 Å². The van der Waals surface area contributed by atoms with Crippen molar-refractivity contribution in [2.45, 2.75) is 26.3 Å².